The van der Waals surface area contributed by atoms with Gasteiger partial charge in [0.05, 0.1) is 0 Å². The SMILES string of the molecule is C=CC(=O)Nc1cc2ccccc2oc1=O. The molecule has 0 radical (unpaired) electrons. The van der Waals surface area contributed by atoms with Crippen LogP contribution in [0.4, 0.5) is 5.69 Å². The third-order valence-electron chi connectivity index (χ3n) is 2.08. The molecule has 16 heavy (non-hydrogen) atoms. The van der Waals surface area contributed by atoms with Crippen LogP contribution in [0.15, 0.2) is 52.2 Å². The molecule has 0 aliphatic heterocycles. The van der Waals surface area contributed by atoms with E-state index >= 15 is 0 Å². The molecular weight excluding hydrogens is 206 g/mol. The number of hydrogen-bond acceptors (Lipinski definition) is 3. The van der Waals surface area contributed by atoms with Crippen molar-refractivity contribution in [2.24, 2.45) is 0 Å². The Morgan fingerprint density at radius 1 is 1.38 bits per heavy atom. The standard InChI is InChI=1S/C12H9NO3/c1-2-11(14)13-9-7-8-5-3-4-6-10(8)16-12(9)15/h2-7H,1H2,(H,13,14). The van der Waals surface area contributed by atoms with Crippen molar-refractivity contribution in [3.8, 4) is 0 Å². The van der Waals surface area contributed by atoms with E-state index in [1.165, 1.54) is 0 Å². The third kappa shape index (κ3) is 1.86. The summed E-state index contributed by atoms with van der Waals surface area (Å²) < 4.78 is 5.03. The van der Waals surface area contributed by atoms with Crippen molar-refractivity contribution in [3.05, 3.63) is 53.4 Å². The molecule has 0 unspecified atom stereocenters. The smallest absolute Gasteiger partial charge is 0.360 e. The fourth-order valence-corrected chi connectivity index (χ4v) is 1.33. The first kappa shape index (κ1) is 10.2. The molecule has 1 aromatic carbocycles. The van der Waals surface area contributed by atoms with Crippen LogP contribution in [0.1, 0.15) is 0 Å². The van der Waals surface area contributed by atoms with Crippen LogP contribution in [-0.2, 0) is 4.79 Å². The maximum absolute atomic E-state index is 11.5. The van der Waals surface area contributed by atoms with Gasteiger partial charge in [0, 0.05) is 5.39 Å². The lowest BCUT2D eigenvalue weighted by molar-refractivity contribution is -0.111. The number of nitrogens with one attached hydrogen (secondary N) is 1. The average molecular weight is 215 g/mol. The molecule has 80 valence electrons. The van der Waals surface area contributed by atoms with Gasteiger partial charge < -0.3 is 9.73 Å². The highest BCUT2D eigenvalue weighted by Gasteiger charge is 2.06. The quantitative estimate of drug-likeness (QED) is 0.615. The van der Waals surface area contributed by atoms with Crippen molar-refractivity contribution in [1.82, 2.24) is 0 Å². The van der Waals surface area contributed by atoms with Crippen LogP contribution in [0.5, 0.6) is 0 Å². The average Bonchev–Trinajstić information content (AvgIpc) is 2.30. The number of para-hydroxylation sites is 1. The van der Waals surface area contributed by atoms with E-state index in [-0.39, 0.29) is 5.69 Å². The van der Waals surface area contributed by atoms with Crippen LogP contribution >= 0.6 is 0 Å². The Bertz CT molecular complexity index is 613. The first-order valence-corrected chi connectivity index (χ1v) is 4.67. The van der Waals surface area contributed by atoms with E-state index in [0.29, 0.717) is 5.58 Å². The second-order valence-corrected chi connectivity index (χ2v) is 3.18. The molecule has 0 fully saturated rings. The summed E-state index contributed by atoms with van der Waals surface area (Å²) in [5.74, 6) is -0.442. The Balaban J connectivity index is 2.54. The van der Waals surface area contributed by atoms with E-state index in [0.717, 1.165) is 11.5 Å². The number of anilines is 1. The molecule has 0 spiro atoms. The molecule has 2 aromatic rings. The molecule has 0 aliphatic rings. The molecule has 1 N–H and O–H groups in total. The molecule has 1 heterocycles. The van der Waals surface area contributed by atoms with E-state index in [1.807, 2.05) is 6.07 Å². The maximum Gasteiger partial charge on any atom is 0.360 e. The number of fused-ring (bicyclic) bond motifs is 1. The van der Waals surface area contributed by atoms with Crippen LogP contribution in [0.3, 0.4) is 0 Å². The lowest BCUT2D eigenvalue weighted by atomic mass is 10.2. The van der Waals surface area contributed by atoms with Gasteiger partial charge in [0.2, 0.25) is 5.91 Å². The van der Waals surface area contributed by atoms with E-state index in [1.54, 1.807) is 24.3 Å². The van der Waals surface area contributed by atoms with Gasteiger partial charge >= 0.3 is 5.63 Å². The molecule has 1 aromatic heterocycles. The van der Waals surface area contributed by atoms with Crippen molar-refractivity contribution >= 4 is 22.6 Å². The number of benzene rings is 1. The van der Waals surface area contributed by atoms with E-state index < -0.39 is 11.5 Å². The van der Waals surface area contributed by atoms with E-state index in [2.05, 4.69) is 11.9 Å². The molecular formula is C12H9NO3. The third-order valence-corrected chi connectivity index (χ3v) is 2.08. The van der Waals surface area contributed by atoms with Gasteiger partial charge in [-0.1, -0.05) is 24.8 Å². The summed E-state index contributed by atoms with van der Waals surface area (Å²) in [6, 6.07) is 8.65. The highest BCUT2D eigenvalue weighted by Crippen LogP contribution is 2.14. The summed E-state index contributed by atoms with van der Waals surface area (Å²) in [7, 11) is 0. The number of hydrogen-bond donors (Lipinski definition) is 1. The van der Waals surface area contributed by atoms with Crippen LogP contribution in [-0.4, -0.2) is 5.91 Å². The summed E-state index contributed by atoms with van der Waals surface area (Å²) in [6.45, 7) is 3.30. The van der Waals surface area contributed by atoms with Crippen LogP contribution in [0.2, 0.25) is 0 Å². The Labute approximate surface area is 91.2 Å². The van der Waals surface area contributed by atoms with Gasteiger partial charge in [0.15, 0.2) is 0 Å². The van der Waals surface area contributed by atoms with Gasteiger partial charge in [0.25, 0.3) is 0 Å². The second kappa shape index (κ2) is 4.02. The monoisotopic (exact) mass is 215 g/mol. The molecule has 0 aliphatic carbocycles. The predicted molar refractivity (Wildman–Crippen MR) is 61.3 cm³/mol. The topological polar surface area (TPSA) is 59.3 Å². The summed E-state index contributed by atoms with van der Waals surface area (Å²) in [5.41, 5.74) is 0.0293. The summed E-state index contributed by atoms with van der Waals surface area (Å²) in [4.78, 5) is 22.5. The minimum absolute atomic E-state index is 0.114. The van der Waals surface area contributed by atoms with Crippen LogP contribution in [0, 0.1) is 0 Å². The lowest BCUT2D eigenvalue weighted by Crippen LogP contribution is -2.15. The van der Waals surface area contributed by atoms with Crippen molar-refractivity contribution in [1.29, 1.82) is 0 Å². The summed E-state index contributed by atoms with van der Waals surface area (Å²) in [6.07, 6.45) is 1.09. The maximum atomic E-state index is 11.5. The molecule has 0 bridgehead atoms. The van der Waals surface area contributed by atoms with E-state index in [9.17, 15) is 9.59 Å². The van der Waals surface area contributed by atoms with Crippen LogP contribution in [0.25, 0.3) is 11.0 Å². The van der Waals surface area contributed by atoms with E-state index in [4.69, 9.17) is 4.42 Å². The number of carbonyl (C=O) groups excluding carboxylic acids is 1. The molecule has 0 saturated carbocycles. The highest BCUT2D eigenvalue weighted by molar-refractivity contribution is 5.99. The van der Waals surface area contributed by atoms with Crippen LogP contribution < -0.4 is 10.9 Å². The number of carbonyl (C=O) groups is 1. The van der Waals surface area contributed by atoms with Crippen molar-refractivity contribution in [2.45, 2.75) is 0 Å². The molecule has 2 rings (SSSR count). The molecule has 1 amide bonds. The lowest BCUT2D eigenvalue weighted by Gasteiger charge is -2.01. The number of amides is 1. The van der Waals surface area contributed by atoms with Gasteiger partial charge in [-0.05, 0) is 18.2 Å². The van der Waals surface area contributed by atoms with Gasteiger partial charge in [-0.2, -0.15) is 0 Å². The zero-order valence-electron chi connectivity index (χ0n) is 8.40. The fourth-order valence-electron chi connectivity index (χ4n) is 1.33. The van der Waals surface area contributed by atoms with Gasteiger partial charge in [-0.15, -0.1) is 0 Å². The first-order valence-electron chi connectivity index (χ1n) is 4.67. The molecule has 0 atom stereocenters. The Kier molecular flexibility index (Phi) is 2.55. The fraction of sp³-hybridized carbons (Fsp3) is 0. The van der Waals surface area contributed by atoms with Gasteiger partial charge in [-0.3, -0.25) is 4.79 Å². The molecule has 4 heteroatoms. The Morgan fingerprint density at radius 2 is 2.12 bits per heavy atom. The zero-order valence-corrected chi connectivity index (χ0v) is 8.40. The van der Waals surface area contributed by atoms with Crippen molar-refractivity contribution < 1.29 is 9.21 Å². The van der Waals surface area contributed by atoms with Gasteiger partial charge in [0.1, 0.15) is 11.3 Å². The van der Waals surface area contributed by atoms with Crippen molar-refractivity contribution in [2.75, 3.05) is 5.32 Å². The molecule has 4 nitrogen and oxygen atoms in total. The minimum Gasteiger partial charge on any atom is -0.421 e. The summed E-state index contributed by atoms with van der Waals surface area (Å²) in [5, 5.41) is 3.14. The second-order valence-electron chi connectivity index (χ2n) is 3.18. The normalized spacial score (nSPS) is 10.0. The van der Waals surface area contributed by atoms with Crippen molar-refractivity contribution in [3.63, 3.8) is 0 Å². The number of rotatable bonds is 2. The Hall–Kier alpha value is -2.36. The predicted octanol–water partition coefficient (Wildman–Crippen LogP) is 1.92. The zero-order chi connectivity index (χ0) is 11.5. The molecule has 0 saturated heterocycles. The Morgan fingerprint density at radius 3 is 2.88 bits per heavy atom. The highest BCUT2D eigenvalue weighted by atomic mass is 16.4. The minimum atomic E-state index is -0.575. The summed E-state index contributed by atoms with van der Waals surface area (Å²) >= 11 is 0. The van der Waals surface area contributed by atoms with Gasteiger partial charge in [-0.25, -0.2) is 4.79 Å². The largest absolute Gasteiger partial charge is 0.421 e. The first-order chi connectivity index (χ1) is 7.70.